The van der Waals surface area contributed by atoms with Gasteiger partial charge in [-0.2, -0.15) is 0 Å². The number of rotatable bonds is 3. The van der Waals surface area contributed by atoms with Crippen LogP contribution in [0, 0.1) is 5.41 Å². The molecule has 0 saturated heterocycles. The number of carboxylic acids is 1. The van der Waals surface area contributed by atoms with Crippen LogP contribution in [0.3, 0.4) is 0 Å². The average molecular weight is 282 g/mol. The lowest BCUT2D eigenvalue weighted by molar-refractivity contribution is 0.0698. The maximum Gasteiger partial charge on any atom is 0.337 e. The Kier molecular flexibility index (Phi) is 4.04. The van der Waals surface area contributed by atoms with Crippen LogP contribution in [-0.4, -0.2) is 17.1 Å². The summed E-state index contributed by atoms with van der Waals surface area (Å²) in [6.45, 7) is 4.52. The lowest BCUT2D eigenvalue weighted by Crippen LogP contribution is -2.32. The molecule has 1 atom stereocenters. The van der Waals surface area contributed by atoms with E-state index in [1.54, 1.807) is 18.2 Å². The first-order valence-corrected chi connectivity index (χ1v) is 7.04. The van der Waals surface area contributed by atoms with Crippen LogP contribution in [0.2, 0.25) is 5.02 Å². The summed E-state index contributed by atoms with van der Waals surface area (Å²) in [6, 6.07) is 5.19. The summed E-state index contributed by atoms with van der Waals surface area (Å²) in [4.78, 5) is 11.2. The summed E-state index contributed by atoms with van der Waals surface area (Å²) in [7, 11) is 0. The van der Waals surface area contributed by atoms with Gasteiger partial charge >= 0.3 is 5.97 Å². The van der Waals surface area contributed by atoms with E-state index in [9.17, 15) is 9.90 Å². The van der Waals surface area contributed by atoms with E-state index in [1.165, 1.54) is 12.8 Å². The molecule has 0 bridgehead atoms. The van der Waals surface area contributed by atoms with E-state index >= 15 is 0 Å². The van der Waals surface area contributed by atoms with Crippen LogP contribution in [0.1, 0.15) is 49.9 Å². The van der Waals surface area contributed by atoms with Crippen LogP contribution in [0.15, 0.2) is 18.2 Å². The van der Waals surface area contributed by atoms with Crippen LogP contribution < -0.4 is 5.32 Å². The van der Waals surface area contributed by atoms with E-state index in [-0.39, 0.29) is 5.56 Å². The summed E-state index contributed by atoms with van der Waals surface area (Å²) in [5, 5.41) is 13.1. The number of aromatic carboxylic acids is 1. The Labute approximate surface area is 119 Å². The van der Waals surface area contributed by atoms with Gasteiger partial charge in [0.15, 0.2) is 0 Å². The second kappa shape index (κ2) is 5.41. The average Bonchev–Trinajstić information content (AvgIpc) is 2.27. The lowest BCUT2D eigenvalue weighted by Gasteiger charge is -2.36. The number of halogens is 1. The van der Waals surface area contributed by atoms with Crippen molar-refractivity contribution < 1.29 is 9.90 Å². The fraction of sp³-hybridized carbons (Fsp3) is 0.533. The Morgan fingerprint density at radius 2 is 2.21 bits per heavy atom. The van der Waals surface area contributed by atoms with Gasteiger partial charge < -0.3 is 10.4 Å². The highest BCUT2D eigenvalue weighted by Gasteiger charge is 2.28. The maximum atomic E-state index is 11.2. The van der Waals surface area contributed by atoms with Crippen LogP contribution in [0.5, 0.6) is 0 Å². The van der Waals surface area contributed by atoms with Crippen LogP contribution >= 0.6 is 11.6 Å². The molecule has 19 heavy (non-hydrogen) atoms. The SMILES string of the molecule is CC1(C)CCCC(Nc2cc(Cl)ccc2C(=O)O)C1. The Morgan fingerprint density at radius 1 is 1.47 bits per heavy atom. The quantitative estimate of drug-likeness (QED) is 0.862. The predicted octanol–water partition coefficient (Wildman–Crippen LogP) is 4.42. The van der Waals surface area contributed by atoms with Gasteiger partial charge in [-0.05, 0) is 42.9 Å². The van der Waals surface area contributed by atoms with Gasteiger partial charge in [0.05, 0.1) is 11.3 Å². The van der Waals surface area contributed by atoms with Crippen LogP contribution in [0.4, 0.5) is 5.69 Å². The smallest absolute Gasteiger partial charge is 0.337 e. The second-order valence-corrected chi connectivity index (χ2v) is 6.53. The molecule has 1 aliphatic carbocycles. The van der Waals surface area contributed by atoms with Crippen molar-refractivity contribution in [2.24, 2.45) is 5.41 Å². The van der Waals surface area contributed by atoms with Gasteiger partial charge in [-0.1, -0.05) is 31.9 Å². The third kappa shape index (κ3) is 3.63. The highest BCUT2D eigenvalue weighted by molar-refractivity contribution is 6.31. The number of anilines is 1. The molecule has 2 N–H and O–H groups in total. The fourth-order valence-corrected chi connectivity index (χ4v) is 3.04. The number of carbonyl (C=O) groups is 1. The molecule has 0 aromatic heterocycles. The molecule has 3 nitrogen and oxygen atoms in total. The van der Waals surface area contributed by atoms with Gasteiger partial charge in [0.2, 0.25) is 0 Å². The molecule has 1 saturated carbocycles. The van der Waals surface area contributed by atoms with Gasteiger partial charge in [0, 0.05) is 11.1 Å². The molecular formula is C15H20ClNO2. The number of benzene rings is 1. The number of nitrogens with one attached hydrogen (secondary N) is 1. The minimum absolute atomic E-state index is 0.285. The number of hydrogen-bond acceptors (Lipinski definition) is 2. The monoisotopic (exact) mass is 281 g/mol. The van der Waals surface area contributed by atoms with E-state index in [0.717, 1.165) is 12.8 Å². The fourth-order valence-electron chi connectivity index (χ4n) is 2.86. The second-order valence-electron chi connectivity index (χ2n) is 6.10. The normalized spacial score (nSPS) is 21.9. The molecule has 1 unspecified atom stereocenters. The van der Waals surface area contributed by atoms with E-state index < -0.39 is 5.97 Å². The van der Waals surface area contributed by atoms with Gasteiger partial charge in [-0.3, -0.25) is 0 Å². The predicted molar refractivity (Wildman–Crippen MR) is 78.1 cm³/mol. The minimum Gasteiger partial charge on any atom is -0.478 e. The molecule has 0 radical (unpaired) electrons. The molecule has 104 valence electrons. The van der Waals surface area contributed by atoms with Gasteiger partial charge in [-0.15, -0.1) is 0 Å². The third-order valence-corrected chi connectivity index (χ3v) is 4.01. The first-order chi connectivity index (χ1) is 8.87. The molecule has 0 spiro atoms. The van der Waals surface area contributed by atoms with E-state index in [2.05, 4.69) is 19.2 Å². The molecule has 1 aliphatic rings. The topological polar surface area (TPSA) is 49.3 Å². The maximum absolute atomic E-state index is 11.2. The summed E-state index contributed by atoms with van der Waals surface area (Å²) < 4.78 is 0. The first-order valence-electron chi connectivity index (χ1n) is 6.67. The molecule has 1 fully saturated rings. The summed E-state index contributed by atoms with van der Waals surface area (Å²) in [5.74, 6) is -0.922. The number of carboxylic acid groups (broad SMARTS) is 1. The molecule has 1 aromatic carbocycles. The van der Waals surface area contributed by atoms with Crippen molar-refractivity contribution >= 4 is 23.3 Å². The lowest BCUT2D eigenvalue weighted by atomic mass is 9.75. The van der Waals surface area contributed by atoms with E-state index in [1.807, 2.05) is 0 Å². The highest BCUT2D eigenvalue weighted by atomic mass is 35.5. The third-order valence-electron chi connectivity index (χ3n) is 3.78. The zero-order valence-electron chi connectivity index (χ0n) is 11.4. The molecule has 0 amide bonds. The zero-order valence-corrected chi connectivity index (χ0v) is 12.1. The van der Waals surface area contributed by atoms with E-state index in [0.29, 0.717) is 22.2 Å². The van der Waals surface area contributed by atoms with Crippen molar-refractivity contribution in [2.75, 3.05) is 5.32 Å². The van der Waals surface area contributed by atoms with Gasteiger partial charge in [0.25, 0.3) is 0 Å². The molecular weight excluding hydrogens is 262 g/mol. The first kappa shape index (κ1) is 14.2. The van der Waals surface area contributed by atoms with Crippen LogP contribution in [0.25, 0.3) is 0 Å². The van der Waals surface area contributed by atoms with Crippen molar-refractivity contribution in [3.8, 4) is 0 Å². The Balaban J connectivity index is 2.18. The Morgan fingerprint density at radius 3 is 2.84 bits per heavy atom. The summed E-state index contributed by atoms with van der Waals surface area (Å²) >= 11 is 5.96. The largest absolute Gasteiger partial charge is 0.478 e. The van der Waals surface area contributed by atoms with Crippen LogP contribution in [-0.2, 0) is 0 Å². The Bertz CT molecular complexity index is 485. The molecule has 1 aromatic rings. The highest BCUT2D eigenvalue weighted by Crippen LogP contribution is 2.37. The van der Waals surface area contributed by atoms with Crippen molar-refractivity contribution in [1.82, 2.24) is 0 Å². The van der Waals surface area contributed by atoms with Crippen molar-refractivity contribution in [1.29, 1.82) is 0 Å². The minimum atomic E-state index is -0.922. The van der Waals surface area contributed by atoms with Crippen molar-refractivity contribution in [3.05, 3.63) is 28.8 Å². The summed E-state index contributed by atoms with van der Waals surface area (Å²) in [6.07, 6.45) is 4.54. The molecule has 0 aliphatic heterocycles. The van der Waals surface area contributed by atoms with Crippen molar-refractivity contribution in [2.45, 2.75) is 45.6 Å². The molecule has 0 heterocycles. The summed E-state index contributed by atoms with van der Waals surface area (Å²) in [5.41, 5.74) is 1.23. The van der Waals surface area contributed by atoms with E-state index in [4.69, 9.17) is 11.6 Å². The molecule has 2 rings (SSSR count). The number of hydrogen-bond donors (Lipinski definition) is 2. The van der Waals surface area contributed by atoms with Gasteiger partial charge in [-0.25, -0.2) is 4.79 Å². The standard InChI is InChI=1S/C15H20ClNO2/c1-15(2)7-3-4-11(9-15)17-13-8-10(16)5-6-12(13)14(18)19/h5-6,8,11,17H,3-4,7,9H2,1-2H3,(H,18,19). The Hall–Kier alpha value is -1.22. The molecule has 4 heteroatoms. The zero-order chi connectivity index (χ0) is 14.0. The van der Waals surface area contributed by atoms with Crippen molar-refractivity contribution in [3.63, 3.8) is 0 Å². The van der Waals surface area contributed by atoms with Gasteiger partial charge in [0.1, 0.15) is 0 Å².